The van der Waals surface area contributed by atoms with E-state index in [1.165, 1.54) is 3.12 Å². The van der Waals surface area contributed by atoms with Crippen molar-refractivity contribution in [3.63, 3.8) is 0 Å². The summed E-state index contributed by atoms with van der Waals surface area (Å²) in [4.78, 5) is 0. The van der Waals surface area contributed by atoms with Crippen LogP contribution in [0.15, 0.2) is 24.3 Å². The molecule has 0 N–H and O–H groups in total. The summed E-state index contributed by atoms with van der Waals surface area (Å²) in [5, 5.41) is 0.873. The van der Waals surface area contributed by atoms with Crippen LogP contribution < -0.4 is 3.12 Å². The van der Waals surface area contributed by atoms with Gasteiger partial charge in [-0.15, -0.1) is 0 Å². The van der Waals surface area contributed by atoms with Gasteiger partial charge in [-0.2, -0.15) is 0 Å². The van der Waals surface area contributed by atoms with Crippen LogP contribution in [-0.4, -0.2) is 21.2 Å². The average molecular weight is 364 g/mol. The zero-order valence-corrected chi connectivity index (χ0v) is 11.8. The Bertz CT molecular complexity index is 250. The molecule has 1 aromatic rings. The summed E-state index contributed by atoms with van der Waals surface area (Å²) < 4.78 is 8.71. The van der Waals surface area contributed by atoms with Gasteiger partial charge < -0.3 is 0 Å². The van der Waals surface area contributed by atoms with Crippen molar-refractivity contribution in [2.45, 2.75) is 13.4 Å². The normalized spacial score (nSPS) is 11.6. The summed E-state index contributed by atoms with van der Waals surface area (Å²) in [5.74, 6) is 0. The Balaban J connectivity index is 3.06. The van der Waals surface area contributed by atoms with Gasteiger partial charge in [0, 0.05) is 0 Å². The van der Waals surface area contributed by atoms with E-state index in [0.717, 1.165) is 5.02 Å². The first-order valence-corrected chi connectivity index (χ1v) is 17.7. The first kappa shape index (κ1) is 9.52. The maximum atomic E-state index is 5.89. The van der Waals surface area contributed by atoms with Crippen LogP contribution in [0.5, 0.6) is 0 Å². The van der Waals surface area contributed by atoms with Crippen LogP contribution in [-0.2, 0) is 0 Å². The van der Waals surface area contributed by atoms with Crippen molar-refractivity contribution in [2.24, 2.45) is 0 Å². The molecule has 0 saturated heterocycles. The molecule has 1 rings (SSSR count). The Morgan fingerprint density at radius 1 is 1.18 bits per heavy atom. The summed E-state index contributed by atoms with van der Waals surface area (Å²) in [6.45, 7) is 0. The standard InChI is InChI=1S/C6H4Cl.3CH3.Pb/c7-6-4-2-1-3-5-6;;;;/h1-2,4-5H;3*1H3;. The molecule has 0 aliphatic carbocycles. The third kappa shape index (κ3) is 2.75. The summed E-state index contributed by atoms with van der Waals surface area (Å²) in [5.41, 5.74) is 0. The van der Waals surface area contributed by atoms with Crippen LogP contribution in [0.3, 0.4) is 0 Å². The number of hydrogen-bond donors (Lipinski definition) is 0. The fourth-order valence-corrected chi connectivity index (χ4v) is 6.11. The van der Waals surface area contributed by atoms with Crippen molar-refractivity contribution in [3.8, 4) is 0 Å². The van der Waals surface area contributed by atoms with Gasteiger partial charge in [0.25, 0.3) is 0 Å². The third-order valence-corrected chi connectivity index (χ3v) is 9.87. The number of hydrogen-bond acceptors (Lipinski definition) is 0. The maximum absolute atomic E-state index is 5.89. The van der Waals surface area contributed by atoms with Gasteiger partial charge in [-0.25, -0.2) is 0 Å². The minimum atomic E-state index is -1.96. The van der Waals surface area contributed by atoms with Crippen LogP contribution in [0, 0.1) is 0 Å². The number of halogens is 1. The van der Waals surface area contributed by atoms with E-state index in [4.69, 9.17) is 11.6 Å². The van der Waals surface area contributed by atoms with Gasteiger partial charge in [0.1, 0.15) is 0 Å². The summed E-state index contributed by atoms with van der Waals surface area (Å²) in [6, 6.07) is 8.30. The fraction of sp³-hybridized carbons (Fsp3) is 0.333. The van der Waals surface area contributed by atoms with Crippen molar-refractivity contribution in [1.29, 1.82) is 0 Å². The Morgan fingerprint density at radius 3 is 2.18 bits per heavy atom. The second-order valence-electron chi connectivity index (χ2n) is 3.76. The molecule has 0 radical (unpaired) electrons. The minimum absolute atomic E-state index is 0.873. The van der Waals surface area contributed by atoms with Crippen LogP contribution >= 0.6 is 11.6 Å². The van der Waals surface area contributed by atoms with E-state index in [1.54, 1.807) is 0 Å². The third-order valence-electron chi connectivity index (χ3n) is 1.69. The van der Waals surface area contributed by atoms with Gasteiger partial charge in [0.2, 0.25) is 0 Å². The average Bonchev–Trinajstić information content (AvgIpc) is 1.86. The van der Waals surface area contributed by atoms with Gasteiger partial charge in [-0.3, -0.25) is 0 Å². The van der Waals surface area contributed by atoms with Crippen molar-refractivity contribution in [3.05, 3.63) is 29.3 Å². The number of benzene rings is 1. The predicted octanol–water partition coefficient (Wildman–Crippen LogP) is 2.89. The van der Waals surface area contributed by atoms with E-state index in [9.17, 15) is 0 Å². The monoisotopic (exact) mass is 364 g/mol. The van der Waals surface area contributed by atoms with Crippen LogP contribution in [0.4, 0.5) is 0 Å². The molecule has 0 aliphatic rings. The van der Waals surface area contributed by atoms with E-state index >= 15 is 0 Å². The molecule has 0 heterocycles. The first-order chi connectivity index (χ1) is 5.00. The molecule has 0 atom stereocenters. The molecule has 0 bridgehead atoms. The topological polar surface area (TPSA) is 0 Å². The van der Waals surface area contributed by atoms with Gasteiger partial charge in [0.15, 0.2) is 0 Å². The molecule has 0 spiro atoms. The molecule has 2 heteroatoms. The van der Waals surface area contributed by atoms with Gasteiger partial charge >= 0.3 is 78.6 Å². The Kier molecular flexibility index (Phi) is 2.97. The molecule has 1 aromatic carbocycles. The molecule has 60 valence electrons. The Hall–Kier alpha value is 0.432. The molecule has 0 unspecified atom stereocenters. The molecule has 0 saturated carbocycles. The summed E-state index contributed by atoms with van der Waals surface area (Å²) >= 11 is 3.93. The second kappa shape index (κ2) is 3.44. The van der Waals surface area contributed by atoms with Crippen molar-refractivity contribution in [2.75, 3.05) is 0 Å². The molecule has 0 amide bonds. The summed E-state index contributed by atoms with van der Waals surface area (Å²) in [6.07, 6.45) is 0. The second-order valence-corrected chi connectivity index (χ2v) is 23.9. The van der Waals surface area contributed by atoms with E-state index in [0.29, 0.717) is 0 Å². The summed E-state index contributed by atoms with van der Waals surface area (Å²) in [7, 11) is 0. The number of rotatable bonds is 1. The van der Waals surface area contributed by atoms with Crippen molar-refractivity contribution >= 4 is 35.9 Å². The van der Waals surface area contributed by atoms with Crippen molar-refractivity contribution < 1.29 is 0 Å². The van der Waals surface area contributed by atoms with Crippen molar-refractivity contribution in [1.82, 2.24) is 0 Å². The SMILES string of the molecule is [CH3][Pb]([CH3])([CH3])[c]1cccc(Cl)c1. The van der Waals surface area contributed by atoms with Crippen LogP contribution in [0.2, 0.25) is 18.5 Å². The molecular formula is C9H13ClPb. The fourth-order valence-electron chi connectivity index (χ4n) is 0.955. The van der Waals surface area contributed by atoms with Gasteiger partial charge in [-0.1, -0.05) is 0 Å². The van der Waals surface area contributed by atoms with E-state index in [-0.39, 0.29) is 0 Å². The van der Waals surface area contributed by atoms with Gasteiger partial charge in [-0.05, 0) is 0 Å². The zero-order valence-electron chi connectivity index (χ0n) is 7.19. The molecular weight excluding hydrogens is 351 g/mol. The van der Waals surface area contributed by atoms with Gasteiger partial charge in [0.05, 0.1) is 0 Å². The van der Waals surface area contributed by atoms with E-state index in [1.807, 2.05) is 12.1 Å². The molecule has 0 aromatic heterocycles. The van der Waals surface area contributed by atoms with E-state index in [2.05, 4.69) is 25.6 Å². The van der Waals surface area contributed by atoms with Crippen LogP contribution in [0.25, 0.3) is 0 Å². The molecule has 0 aliphatic heterocycles. The molecule has 11 heavy (non-hydrogen) atoms. The van der Waals surface area contributed by atoms with Crippen LogP contribution in [0.1, 0.15) is 0 Å². The quantitative estimate of drug-likeness (QED) is 0.673. The zero-order chi connectivity index (χ0) is 8.48. The first-order valence-electron chi connectivity index (χ1n) is 3.76. The Labute approximate surface area is 78.2 Å². The molecule has 0 nitrogen and oxygen atoms in total. The predicted molar refractivity (Wildman–Crippen MR) is 54.4 cm³/mol. The van der Waals surface area contributed by atoms with E-state index < -0.39 is 21.2 Å². The molecule has 0 fully saturated rings. The Morgan fingerprint density at radius 2 is 1.82 bits per heavy atom.